The number of hydrogen-bond donors (Lipinski definition) is 2. The Morgan fingerprint density at radius 2 is 1.27 bits per heavy atom. The van der Waals surface area contributed by atoms with Gasteiger partial charge in [-0.25, -0.2) is 5.53 Å². The molecule has 3 heteroatoms. The van der Waals surface area contributed by atoms with Crippen molar-refractivity contribution in [1.29, 1.82) is 5.53 Å². The van der Waals surface area contributed by atoms with E-state index in [9.17, 15) is 0 Å². The van der Waals surface area contributed by atoms with E-state index in [1.165, 1.54) is 0 Å². The van der Waals surface area contributed by atoms with Crippen LogP contribution in [-0.4, -0.2) is 0 Å². The van der Waals surface area contributed by atoms with Crippen molar-refractivity contribution >= 4 is 11.4 Å². The lowest BCUT2D eigenvalue weighted by Crippen LogP contribution is -1.83. The van der Waals surface area contributed by atoms with Gasteiger partial charge in [-0.15, -0.1) is 0 Å². The third-order valence-electron chi connectivity index (χ3n) is 2.24. The van der Waals surface area contributed by atoms with Gasteiger partial charge in [0.2, 0.25) is 0 Å². The normalized spacial score (nSPS) is 9.87. The summed E-state index contributed by atoms with van der Waals surface area (Å²) in [6, 6.07) is 15.2. The summed E-state index contributed by atoms with van der Waals surface area (Å²) in [5, 5.41) is 3.35. The molecular formula is C12H11N3. The standard InChI is InChI=1S/C12H11N3/c13-11-5-1-9(2-6-11)10-3-7-12(15-14)8-4-10/h1-8,14H,13H2. The van der Waals surface area contributed by atoms with Gasteiger partial charge in [-0.1, -0.05) is 24.3 Å². The minimum absolute atomic E-state index is 0.661. The number of nitrogens with one attached hydrogen (secondary N) is 1. The third-order valence-corrected chi connectivity index (χ3v) is 2.24. The topological polar surface area (TPSA) is 62.2 Å². The van der Waals surface area contributed by atoms with Gasteiger partial charge in [0.05, 0.1) is 5.69 Å². The lowest BCUT2D eigenvalue weighted by molar-refractivity contribution is 1.15. The molecule has 0 aliphatic heterocycles. The SMILES string of the molecule is N=Nc1ccc(-c2ccc(N)cc2)cc1. The summed E-state index contributed by atoms with van der Waals surface area (Å²) < 4.78 is 0. The van der Waals surface area contributed by atoms with E-state index in [4.69, 9.17) is 11.3 Å². The van der Waals surface area contributed by atoms with Crippen molar-refractivity contribution in [2.75, 3.05) is 5.73 Å². The molecule has 74 valence electrons. The Labute approximate surface area is 88.1 Å². The summed E-state index contributed by atoms with van der Waals surface area (Å²) in [6.07, 6.45) is 0. The van der Waals surface area contributed by atoms with E-state index in [-0.39, 0.29) is 0 Å². The second kappa shape index (κ2) is 3.92. The first-order valence-electron chi connectivity index (χ1n) is 4.63. The van der Waals surface area contributed by atoms with Crippen molar-refractivity contribution in [2.24, 2.45) is 5.11 Å². The van der Waals surface area contributed by atoms with Crippen LogP contribution in [0.2, 0.25) is 0 Å². The zero-order valence-corrected chi connectivity index (χ0v) is 8.14. The Morgan fingerprint density at radius 1 is 0.800 bits per heavy atom. The summed E-state index contributed by atoms with van der Waals surface area (Å²) in [5.41, 5.74) is 16.1. The molecule has 15 heavy (non-hydrogen) atoms. The molecule has 0 atom stereocenters. The van der Waals surface area contributed by atoms with E-state index in [1.807, 2.05) is 48.5 Å². The van der Waals surface area contributed by atoms with Crippen molar-refractivity contribution in [1.82, 2.24) is 0 Å². The molecule has 0 saturated carbocycles. The van der Waals surface area contributed by atoms with Gasteiger partial charge in [0.1, 0.15) is 0 Å². The molecule has 0 aromatic heterocycles. The Kier molecular flexibility index (Phi) is 2.46. The molecule has 2 rings (SSSR count). The fourth-order valence-electron chi connectivity index (χ4n) is 1.40. The Balaban J connectivity index is 2.37. The minimum Gasteiger partial charge on any atom is -0.399 e. The number of benzene rings is 2. The predicted octanol–water partition coefficient (Wildman–Crippen LogP) is 3.60. The maximum atomic E-state index is 6.86. The molecule has 2 aromatic carbocycles. The van der Waals surface area contributed by atoms with E-state index in [0.717, 1.165) is 16.8 Å². The van der Waals surface area contributed by atoms with Crippen LogP contribution in [0.3, 0.4) is 0 Å². The summed E-state index contributed by atoms with van der Waals surface area (Å²) in [6.45, 7) is 0. The van der Waals surface area contributed by atoms with E-state index in [1.54, 1.807) is 0 Å². The zero-order valence-electron chi connectivity index (χ0n) is 8.14. The Bertz CT molecular complexity index is 457. The Hall–Kier alpha value is -2.16. The Morgan fingerprint density at radius 3 is 1.73 bits per heavy atom. The van der Waals surface area contributed by atoms with Crippen LogP contribution in [0.1, 0.15) is 0 Å². The van der Waals surface area contributed by atoms with Crippen molar-refractivity contribution in [3.05, 3.63) is 48.5 Å². The molecule has 0 saturated heterocycles. The van der Waals surface area contributed by atoms with Crippen LogP contribution in [0.15, 0.2) is 53.6 Å². The predicted molar refractivity (Wildman–Crippen MR) is 61.1 cm³/mol. The van der Waals surface area contributed by atoms with Crippen molar-refractivity contribution < 1.29 is 0 Å². The average molecular weight is 197 g/mol. The zero-order chi connectivity index (χ0) is 10.7. The van der Waals surface area contributed by atoms with Crippen molar-refractivity contribution in [2.45, 2.75) is 0 Å². The number of rotatable bonds is 2. The molecule has 3 N–H and O–H groups in total. The van der Waals surface area contributed by atoms with Gasteiger partial charge in [-0.3, -0.25) is 0 Å². The van der Waals surface area contributed by atoms with Crippen LogP contribution in [0.4, 0.5) is 11.4 Å². The molecule has 0 aliphatic rings. The molecule has 0 aliphatic carbocycles. The molecule has 0 spiro atoms. The maximum absolute atomic E-state index is 6.86. The van der Waals surface area contributed by atoms with Crippen LogP contribution in [0.5, 0.6) is 0 Å². The molecule has 2 aromatic rings. The van der Waals surface area contributed by atoms with Gasteiger partial charge in [0.25, 0.3) is 0 Å². The number of hydrogen-bond acceptors (Lipinski definition) is 3. The van der Waals surface area contributed by atoms with Crippen LogP contribution < -0.4 is 5.73 Å². The van der Waals surface area contributed by atoms with Crippen LogP contribution in [0.25, 0.3) is 11.1 Å². The van der Waals surface area contributed by atoms with Crippen LogP contribution in [0, 0.1) is 5.53 Å². The molecule has 0 fully saturated rings. The highest BCUT2D eigenvalue weighted by Crippen LogP contribution is 2.23. The number of anilines is 1. The monoisotopic (exact) mass is 197 g/mol. The first-order chi connectivity index (χ1) is 7.29. The summed E-state index contributed by atoms with van der Waals surface area (Å²) in [4.78, 5) is 0. The molecule has 0 heterocycles. The second-order valence-corrected chi connectivity index (χ2v) is 3.28. The van der Waals surface area contributed by atoms with Gasteiger partial charge in [0.15, 0.2) is 0 Å². The first kappa shape index (κ1) is 9.40. The van der Waals surface area contributed by atoms with Crippen LogP contribution in [-0.2, 0) is 0 Å². The lowest BCUT2D eigenvalue weighted by Gasteiger charge is -2.02. The fourth-order valence-corrected chi connectivity index (χ4v) is 1.40. The third kappa shape index (κ3) is 2.02. The number of nitrogens with zero attached hydrogens (tertiary/aromatic N) is 1. The van der Waals surface area contributed by atoms with Gasteiger partial charge in [-0.05, 0) is 35.4 Å². The molecule has 3 nitrogen and oxygen atoms in total. The van der Waals surface area contributed by atoms with Gasteiger partial charge >= 0.3 is 0 Å². The molecular weight excluding hydrogens is 186 g/mol. The van der Waals surface area contributed by atoms with E-state index < -0.39 is 0 Å². The molecule has 0 amide bonds. The molecule has 0 radical (unpaired) electrons. The lowest BCUT2D eigenvalue weighted by atomic mass is 10.1. The van der Waals surface area contributed by atoms with Crippen LogP contribution >= 0.6 is 0 Å². The van der Waals surface area contributed by atoms with E-state index >= 15 is 0 Å². The van der Waals surface area contributed by atoms with Gasteiger partial charge < -0.3 is 5.73 Å². The van der Waals surface area contributed by atoms with Gasteiger partial charge in [0, 0.05) is 5.69 Å². The maximum Gasteiger partial charge on any atom is 0.0850 e. The highest BCUT2D eigenvalue weighted by atomic mass is 14.9. The summed E-state index contributed by atoms with van der Waals surface area (Å²) in [7, 11) is 0. The molecule has 0 bridgehead atoms. The smallest absolute Gasteiger partial charge is 0.0850 e. The van der Waals surface area contributed by atoms with Crippen molar-refractivity contribution in [3.8, 4) is 11.1 Å². The summed E-state index contributed by atoms with van der Waals surface area (Å²) >= 11 is 0. The average Bonchev–Trinajstić information content (AvgIpc) is 2.30. The quantitative estimate of drug-likeness (QED) is 0.560. The molecule has 0 unspecified atom stereocenters. The second-order valence-electron chi connectivity index (χ2n) is 3.28. The van der Waals surface area contributed by atoms with E-state index in [2.05, 4.69) is 5.11 Å². The first-order valence-corrected chi connectivity index (χ1v) is 4.63. The minimum atomic E-state index is 0.661. The highest BCUT2D eigenvalue weighted by Gasteiger charge is 1.96. The highest BCUT2D eigenvalue weighted by molar-refractivity contribution is 5.66. The number of nitrogens with two attached hydrogens (primary N) is 1. The van der Waals surface area contributed by atoms with Gasteiger partial charge in [-0.2, -0.15) is 5.11 Å². The van der Waals surface area contributed by atoms with E-state index in [0.29, 0.717) is 5.69 Å². The summed E-state index contributed by atoms with van der Waals surface area (Å²) in [5.74, 6) is 0. The largest absolute Gasteiger partial charge is 0.399 e. The van der Waals surface area contributed by atoms with Crippen molar-refractivity contribution in [3.63, 3.8) is 0 Å². The fraction of sp³-hybridized carbons (Fsp3) is 0. The number of nitrogen functional groups attached to an aromatic ring is 1.